The van der Waals surface area contributed by atoms with Crippen LogP contribution in [0.4, 0.5) is 11.4 Å². The monoisotopic (exact) mass is 320 g/mol. The fraction of sp³-hybridized carbons (Fsp3) is 0.529. The summed E-state index contributed by atoms with van der Waals surface area (Å²) in [4.78, 5) is 29.3. The van der Waals surface area contributed by atoms with Gasteiger partial charge < -0.3 is 10.1 Å². The summed E-state index contributed by atoms with van der Waals surface area (Å²) in [7, 11) is 0. The van der Waals surface area contributed by atoms with E-state index in [1.54, 1.807) is 12.0 Å². The molecule has 0 saturated heterocycles. The van der Waals surface area contributed by atoms with Crippen LogP contribution in [0.15, 0.2) is 24.3 Å². The molecule has 1 aliphatic heterocycles. The van der Waals surface area contributed by atoms with Crippen molar-refractivity contribution >= 4 is 23.3 Å². The Morgan fingerprint density at radius 2 is 2.04 bits per heavy atom. The molecule has 0 fully saturated rings. The molecule has 2 rings (SSSR count). The van der Waals surface area contributed by atoms with Crippen LogP contribution in [0.2, 0.25) is 0 Å². The molecule has 1 heterocycles. The summed E-state index contributed by atoms with van der Waals surface area (Å²) >= 11 is 0. The molecule has 126 valence electrons. The molecular formula is C17H24N2O4. The fourth-order valence-electron chi connectivity index (χ4n) is 2.54. The molecule has 0 aliphatic carbocycles. The zero-order valence-electron chi connectivity index (χ0n) is 13.7. The molecule has 0 spiro atoms. The SMILES string of the molecule is CCOC(=O)CCCCON1c2ccccc2NC(=O)C1CC. The third-order valence-electron chi connectivity index (χ3n) is 3.68. The van der Waals surface area contributed by atoms with Gasteiger partial charge in [-0.2, -0.15) is 0 Å². The standard InChI is InChI=1S/C17H24N2O4/c1-3-14-17(21)18-13-9-5-6-10-15(13)19(14)23-12-8-7-11-16(20)22-4-2/h5-6,9-10,14H,3-4,7-8,11-12H2,1-2H3,(H,18,21). The van der Waals surface area contributed by atoms with Gasteiger partial charge in [-0.3, -0.25) is 14.4 Å². The smallest absolute Gasteiger partial charge is 0.305 e. The maximum Gasteiger partial charge on any atom is 0.305 e. The number of benzene rings is 1. The molecule has 23 heavy (non-hydrogen) atoms. The lowest BCUT2D eigenvalue weighted by atomic mass is 10.1. The summed E-state index contributed by atoms with van der Waals surface area (Å²) in [6.07, 6.45) is 2.49. The summed E-state index contributed by atoms with van der Waals surface area (Å²) < 4.78 is 4.89. The number of unbranched alkanes of at least 4 members (excludes halogenated alkanes) is 1. The summed E-state index contributed by atoms with van der Waals surface area (Å²) in [5.41, 5.74) is 1.62. The van der Waals surface area contributed by atoms with E-state index in [0.717, 1.165) is 17.8 Å². The van der Waals surface area contributed by atoms with Gasteiger partial charge >= 0.3 is 5.97 Å². The Bertz CT molecular complexity index is 547. The molecule has 1 unspecified atom stereocenters. The van der Waals surface area contributed by atoms with Gasteiger partial charge in [0, 0.05) is 6.42 Å². The third kappa shape index (κ3) is 4.45. The molecule has 1 N–H and O–H groups in total. The van der Waals surface area contributed by atoms with Crippen LogP contribution in [0, 0.1) is 0 Å². The second kappa shape index (κ2) is 8.53. The molecule has 0 radical (unpaired) electrons. The first-order valence-electron chi connectivity index (χ1n) is 8.15. The lowest BCUT2D eigenvalue weighted by molar-refractivity contribution is -0.143. The third-order valence-corrected chi connectivity index (χ3v) is 3.68. The van der Waals surface area contributed by atoms with Crippen LogP contribution in [0.5, 0.6) is 0 Å². The summed E-state index contributed by atoms with van der Waals surface area (Å²) in [5.74, 6) is -0.237. The largest absolute Gasteiger partial charge is 0.466 e. The summed E-state index contributed by atoms with van der Waals surface area (Å²) in [6.45, 7) is 4.62. The van der Waals surface area contributed by atoms with Crippen molar-refractivity contribution in [2.24, 2.45) is 0 Å². The van der Waals surface area contributed by atoms with Crippen LogP contribution >= 0.6 is 0 Å². The molecule has 1 atom stereocenters. The van der Waals surface area contributed by atoms with Gasteiger partial charge in [0.05, 0.1) is 24.6 Å². The van der Waals surface area contributed by atoms with Gasteiger partial charge in [-0.25, -0.2) is 5.06 Å². The van der Waals surface area contributed by atoms with Crippen molar-refractivity contribution in [2.75, 3.05) is 23.6 Å². The Labute approximate surface area is 136 Å². The van der Waals surface area contributed by atoms with E-state index < -0.39 is 0 Å². The van der Waals surface area contributed by atoms with E-state index in [1.165, 1.54) is 0 Å². The normalized spacial score (nSPS) is 16.7. The number of hydroxylamine groups is 1. The predicted octanol–water partition coefficient (Wildman–Crippen LogP) is 2.89. The highest BCUT2D eigenvalue weighted by Gasteiger charge is 2.32. The molecule has 0 bridgehead atoms. The van der Waals surface area contributed by atoms with Gasteiger partial charge in [0.1, 0.15) is 6.04 Å². The number of para-hydroxylation sites is 2. The van der Waals surface area contributed by atoms with E-state index in [0.29, 0.717) is 32.5 Å². The zero-order chi connectivity index (χ0) is 16.7. The van der Waals surface area contributed by atoms with Crippen LogP contribution in [0.25, 0.3) is 0 Å². The van der Waals surface area contributed by atoms with Gasteiger partial charge in [-0.15, -0.1) is 0 Å². The fourth-order valence-corrected chi connectivity index (χ4v) is 2.54. The topological polar surface area (TPSA) is 67.9 Å². The van der Waals surface area contributed by atoms with Crippen molar-refractivity contribution < 1.29 is 19.2 Å². The maximum atomic E-state index is 12.2. The quantitative estimate of drug-likeness (QED) is 0.589. The second-order valence-electron chi connectivity index (χ2n) is 5.35. The average molecular weight is 320 g/mol. The number of fused-ring (bicyclic) bond motifs is 1. The molecular weight excluding hydrogens is 296 g/mol. The van der Waals surface area contributed by atoms with Crippen molar-refractivity contribution in [3.05, 3.63) is 24.3 Å². The molecule has 1 aliphatic rings. The van der Waals surface area contributed by atoms with Crippen molar-refractivity contribution in [3.8, 4) is 0 Å². The number of amides is 1. The first-order valence-corrected chi connectivity index (χ1v) is 8.15. The van der Waals surface area contributed by atoms with E-state index in [4.69, 9.17) is 9.57 Å². The van der Waals surface area contributed by atoms with E-state index in [-0.39, 0.29) is 17.9 Å². The molecule has 0 aromatic heterocycles. The number of nitrogens with one attached hydrogen (secondary N) is 1. The Kier molecular flexibility index (Phi) is 6.40. The van der Waals surface area contributed by atoms with E-state index in [1.807, 2.05) is 31.2 Å². The van der Waals surface area contributed by atoms with Crippen molar-refractivity contribution in [1.29, 1.82) is 0 Å². The van der Waals surface area contributed by atoms with Crippen LogP contribution in [0.1, 0.15) is 39.5 Å². The van der Waals surface area contributed by atoms with Crippen LogP contribution in [-0.2, 0) is 19.2 Å². The van der Waals surface area contributed by atoms with Gasteiger partial charge in [0.25, 0.3) is 0 Å². The summed E-state index contributed by atoms with van der Waals surface area (Å²) in [6, 6.07) is 7.24. The zero-order valence-corrected chi connectivity index (χ0v) is 13.7. The Morgan fingerprint density at radius 1 is 1.26 bits per heavy atom. The second-order valence-corrected chi connectivity index (χ2v) is 5.35. The number of hydrogen-bond acceptors (Lipinski definition) is 5. The maximum absolute atomic E-state index is 12.2. The number of nitrogens with zero attached hydrogens (tertiary/aromatic N) is 1. The molecule has 1 amide bonds. The minimum Gasteiger partial charge on any atom is -0.466 e. The van der Waals surface area contributed by atoms with Gasteiger partial charge in [-0.1, -0.05) is 19.1 Å². The van der Waals surface area contributed by atoms with Crippen molar-refractivity contribution in [1.82, 2.24) is 0 Å². The molecule has 6 heteroatoms. The van der Waals surface area contributed by atoms with E-state index >= 15 is 0 Å². The van der Waals surface area contributed by atoms with Crippen LogP contribution < -0.4 is 10.4 Å². The lowest BCUT2D eigenvalue weighted by Crippen LogP contribution is -2.47. The number of carbonyl (C=O) groups excluding carboxylic acids is 2. The summed E-state index contributed by atoms with van der Waals surface area (Å²) in [5, 5.41) is 4.59. The number of rotatable bonds is 8. The average Bonchev–Trinajstić information content (AvgIpc) is 2.54. The molecule has 1 aromatic carbocycles. The minimum atomic E-state index is -0.338. The number of anilines is 2. The first kappa shape index (κ1) is 17.3. The van der Waals surface area contributed by atoms with Gasteiger partial charge in [0.15, 0.2) is 0 Å². The van der Waals surface area contributed by atoms with Crippen molar-refractivity contribution in [2.45, 2.75) is 45.6 Å². The van der Waals surface area contributed by atoms with Crippen LogP contribution in [0.3, 0.4) is 0 Å². The van der Waals surface area contributed by atoms with Crippen LogP contribution in [-0.4, -0.2) is 31.1 Å². The van der Waals surface area contributed by atoms with E-state index in [2.05, 4.69) is 5.32 Å². The molecule has 0 saturated carbocycles. The number of ether oxygens (including phenoxy) is 1. The number of carbonyl (C=O) groups is 2. The number of hydrogen-bond donors (Lipinski definition) is 1. The highest BCUT2D eigenvalue weighted by atomic mass is 16.7. The van der Waals surface area contributed by atoms with Crippen molar-refractivity contribution in [3.63, 3.8) is 0 Å². The Balaban J connectivity index is 1.89. The van der Waals surface area contributed by atoms with E-state index in [9.17, 15) is 9.59 Å². The number of esters is 1. The molecule has 6 nitrogen and oxygen atoms in total. The first-order chi connectivity index (χ1) is 11.2. The highest BCUT2D eigenvalue weighted by molar-refractivity contribution is 6.02. The highest BCUT2D eigenvalue weighted by Crippen LogP contribution is 2.32. The Hall–Kier alpha value is -2.08. The predicted molar refractivity (Wildman–Crippen MR) is 88.1 cm³/mol. The van der Waals surface area contributed by atoms with Gasteiger partial charge in [0.2, 0.25) is 5.91 Å². The van der Waals surface area contributed by atoms with Gasteiger partial charge in [-0.05, 0) is 38.3 Å². The lowest BCUT2D eigenvalue weighted by Gasteiger charge is -2.36. The Morgan fingerprint density at radius 3 is 2.78 bits per heavy atom. The molecule has 1 aromatic rings. The minimum absolute atomic E-state index is 0.0577.